The fourth-order valence-corrected chi connectivity index (χ4v) is 4.59. The van der Waals surface area contributed by atoms with Gasteiger partial charge in [-0.05, 0) is 24.6 Å². The van der Waals surface area contributed by atoms with Crippen molar-refractivity contribution >= 4 is 18.2 Å². The van der Waals surface area contributed by atoms with Crippen LogP contribution in [0, 0.1) is 24.4 Å². The number of carbonyl (C=O) groups is 2. The zero-order valence-corrected chi connectivity index (χ0v) is 20.8. The Morgan fingerprint density at radius 1 is 1.11 bits per heavy atom. The second-order valence-electron chi connectivity index (χ2n) is 9.05. The molecule has 10 nitrogen and oxygen atoms in total. The molecule has 2 aliphatic rings. The van der Waals surface area contributed by atoms with Crippen molar-refractivity contribution in [2.24, 2.45) is 12.1 Å². The van der Waals surface area contributed by atoms with E-state index in [-0.39, 0.29) is 24.7 Å². The van der Waals surface area contributed by atoms with Gasteiger partial charge in [-0.15, -0.1) is 0 Å². The molecule has 3 amide bonds. The van der Waals surface area contributed by atoms with E-state index in [4.69, 9.17) is 4.74 Å². The molecule has 0 spiro atoms. The number of carbonyl (C=O) groups excluding carboxylic acids is 2. The number of rotatable bonds is 5. The summed E-state index contributed by atoms with van der Waals surface area (Å²) < 4.78 is 49.2. The van der Waals surface area contributed by atoms with E-state index in [1.807, 2.05) is 0 Å². The lowest BCUT2D eigenvalue weighted by molar-refractivity contribution is 0.0256. The number of pyridine rings is 1. The Morgan fingerprint density at radius 2 is 1.82 bits per heavy atom. The number of hydrogen-bond donors (Lipinski definition) is 1. The first kappa shape index (κ1) is 25.2. The highest BCUT2D eigenvalue weighted by atomic mass is 19.1. The highest BCUT2D eigenvalue weighted by Crippen LogP contribution is 2.33. The summed E-state index contributed by atoms with van der Waals surface area (Å²) in [5.74, 6) is -2.53. The third-order valence-electron chi connectivity index (χ3n) is 6.50. The van der Waals surface area contributed by atoms with Crippen LogP contribution >= 0.6 is 0 Å². The number of nitrogens with one attached hydrogen (secondary N) is 1. The SMILES string of the molecule is CNC(=O)c1c(C)c(-c2cc(OC3CN(C(=O)N4N=CC[C@H]4c4cc(F)cc(F)c4)C3)c(F)cn2)nn1C. The van der Waals surface area contributed by atoms with Crippen molar-refractivity contribution in [1.82, 2.24) is 30.0 Å². The number of urea groups is 1. The molecule has 1 saturated heterocycles. The molecule has 1 atom stereocenters. The summed E-state index contributed by atoms with van der Waals surface area (Å²) in [6.07, 6.45) is 2.36. The standard InChI is InChI=1S/C25H24F3N7O3/c1-13-22(32-33(3)23(13)24(36)29-2)19-9-21(18(28)10-30-19)38-17-11-34(12-17)25(37)35-20(4-5-31-35)14-6-15(26)8-16(27)7-14/h5-10,17,20H,4,11-12H2,1-3H3,(H,29,36)/t20-/m0/s1. The van der Waals surface area contributed by atoms with Gasteiger partial charge in [0.1, 0.15) is 29.1 Å². The molecule has 0 radical (unpaired) electrons. The van der Waals surface area contributed by atoms with Crippen LogP contribution in [0.15, 0.2) is 35.6 Å². The summed E-state index contributed by atoms with van der Waals surface area (Å²) in [6, 6.07) is 3.44. The second-order valence-corrected chi connectivity index (χ2v) is 9.05. The van der Waals surface area contributed by atoms with E-state index in [1.165, 1.54) is 46.1 Å². The zero-order chi connectivity index (χ0) is 27.1. The minimum atomic E-state index is -0.735. The van der Waals surface area contributed by atoms with Gasteiger partial charge in [-0.1, -0.05) is 0 Å². The quantitative estimate of drug-likeness (QED) is 0.549. The molecular weight excluding hydrogens is 503 g/mol. The number of ether oxygens (including phenoxy) is 1. The lowest BCUT2D eigenvalue weighted by Crippen LogP contribution is -2.58. The van der Waals surface area contributed by atoms with Crippen molar-refractivity contribution in [3.8, 4) is 17.1 Å². The van der Waals surface area contributed by atoms with Crippen molar-refractivity contribution in [1.29, 1.82) is 0 Å². The molecule has 1 fully saturated rings. The number of halogens is 3. The van der Waals surface area contributed by atoms with Crippen LogP contribution in [-0.2, 0) is 7.05 Å². The predicted molar refractivity (Wildman–Crippen MR) is 130 cm³/mol. The van der Waals surface area contributed by atoms with E-state index in [0.717, 1.165) is 12.3 Å². The van der Waals surface area contributed by atoms with E-state index in [2.05, 4.69) is 20.5 Å². The topological polar surface area (TPSA) is 105 Å². The summed E-state index contributed by atoms with van der Waals surface area (Å²) >= 11 is 0. The Labute approximate surface area is 215 Å². The fourth-order valence-electron chi connectivity index (χ4n) is 4.59. The largest absolute Gasteiger partial charge is 0.483 e. The van der Waals surface area contributed by atoms with Gasteiger partial charge in [0.05, 0.1) is 31.0 Å². The zero-order valence-electron chi connectivity index (χ0n) is 20.8. The first-order valence-electron chi connectivity index (χ1n) is 11.8. The molecular formula is C25H24F3N7O3. The fraction of sp³-hybridized carbons (Fsp3) is 0.320. The molecule has 4 heterocycles. The van der Waals surface area contributed by atoms with E-state index < -0.39 is 35.6 Å². The maximum absolute atomic E-state index is 14.5. The average molecular weight is 528 g/mol. The number of likely N-dealkylation sites (tertiary alicyclic amines) is 1. The van der Waals surface area contributed by atoms with Crippen molar-refractivity contribution in [3.05, 3.63) is 64.7 Å². The monoisotopic (exact) mass is 527 g/mol. The van der Waals surface area contributed by atoms with Gasteiger partial charge in [-0.3, -0.25) is 14.5 Å². The van der Waals surface area contributed by atoms with Crippen molar-refractivity contribution in [2.75, 3.05) is 20.1 Å². The molecule has 0 unspecified atom stereocenters. The van der Waals surface area contributed by atoms with Crippen LogP contribution in [0.4, 0.5) is 18.0 Å². The third-order valence-corrected chi connectivity index (χ3v) is 6.50. The van der Waals surface area contributed by atoms with Crippen molar-refractivity contribution in [3.63, 3.8) is 0 Å². The maximum Gasteiger partial charge on any atom is 0.341 e. The summed E-state index contributed by atoms with van der Waals surface area (Å²) in [7, 11) is 3.14. The number of aromatic nitrogens is 3. The van der Waals surface area contributed by atoms with Crippen LogP contribution in [0.5, 0.6) is 5.75 Å². The molecule has 3 aromatic rings. The number of hydrogen-bond acceptors (Lipinski definition) is 6. The normalized spacial score (nSPS) is 17.1. The van der Waals surface area contributed by atoms with E-state index in [1.54, 1.807) is 14.0 Å². The van der Waals surface area contributed by atoms with E-state index >= 15 is 0 Å². The van der Waals surface area contributed by atoms with Crippen LogP contribution in [0.25, 0.3) is 11.4 Å². The molecule has 0 bridgehead atoms. The lowest BCUT2D eigenvalue weighted by atomic mass is 10.0. The number of aryl methyl sites for hydroxylation is 1. The van der Waals surface area contributed by atoms with Crippen molar-refractivity contribution in [2.45, 2.75) is 25.5 Å². The highest BCUT2D eigenvalue weighted by Gasteiger charge is 2.39. The van der Waals surface area contributed by atoms with Gasteiger partial charge in [0.15, 0.2) is 11.6 Å². The summed E-state index contributed by atoms with van der Waals surface area (Å²) in [6.45, 7) is 2.05. The molecule has 1 aromatic carbocycles. The minimum Gasteiger partial charge on any atom is -0.483 e. The summed E-state index contributed by atoms with van der Waals surface area (Å²) in [5, 5.41) is 12.2. The first-order valence-corrected chi connectivity index (χ1v) is 11.8. The maximum atomic E-state index is 14.5. The van der Waals surface area contributed by atoms with Gasteiger partial charge in [0, 0.05) is 44.4 Å². The smallest absolute Gasteiger partial charge is 0.341 e. The molecule has 1 N–H and O–H groups in total. The molecule has 2 aromatic heterocycles. The molecule has 0 saturated carbocycles. The molecule has 13 heteroatoms. The minimum absolute atomic E-state index is 0.0639. The lowest BCUT2D eigenvalue weighted by Gasteiger charge is -2.41. The third kappa shape index (κ3) is 4.55. The average Bonchev–Trinajstić information content (AvgIpc) is 3.45. The van der Waals surface area contributed by atoms with Crippen LogP contribution in [-0.4, -0.2) is 69.1 Å². The second kappa shape index (κ2) is 9.80. The molecule has 198 valence electrons. The Morgan fingerprint density at radius 3 is 2.50 bits per heavy atom. The summed E-state index contributed by atoms with van der Waals surface area (Å²) in [4.78, 5) is 30.7. The Balaban J connectivity index is 1.26. The number of amides is 3. The highest BCUT2D eigenvalue weighted by molar-refractivity contribution is 5.95. The molecule has 0 aliphatic carbocycles. The van der Waals surface area contributed by atoms with Gasteiger partial charge in [-0.2, -0.15) is 10.2 Å². The Hall–Kier alpha value is -4.42. The van der Waals surface area contributed by atoms with Gasteiger partial charge >= 0.3 is 6.03 Å². The van der Waals surface area contributed by atoms with Crippen LogP contribution in [0.3, 0.4) is 0 Å². The van der Waals surface area contributed by atoms with E-state index in [0.29, 0.717) is 34.6 Å². The van der Waals surface area contributed by atoms with Crippen molar-refractivity contribution < 1.29 is 27.5 Å². The van der Waals surface area contributed by atoms with E-state index in [9.17, 15) is 22.8 Å². The summed E-state index contributed by atoms with van der Waals surface area (Å²) in [5.41, 5.74) is 1.98. The number of hydrazone groups is 1. The van der Waals surface area contributed by atoms with Gasteiger partial charge < -0.3 is 15.0 Å². The van der Waals surface area contributed by atoms with Gasteiger partial charge in [-0.25, -0.2) is 23.0 Å². The van der Waals surface area contributed by atoms with Gasteiger partial charge in [0.25, 0.3) is 5.91 Å². The molecule has 2 aliphatic heterocycles. The first-order chi connectivity index (χ1) is 18.2. The van der Waals surface area contributed by atoms with Crippen LogP contribution in [0.2, 0.25) is 0 Å². The van der Waals surface area contributed by atoms with Gasteiger partial charge in [0.2, 0.25) is 0 Å². The Kier molecular flexibility index (Phi) is 6.51. The predicted octanol–water partition coefficient (Wildman–Crippen LogP) is 3.18. The van der Waals surface area contributed by atoms with Crippen LogP contribution < -0.4 is 10.1 Å². The van der Waals surface area contributed by atoms with Crippen LogP contribution in [0.1, 0.15) is 34.1 Å². The molecule has 38 heavy (non-hydrogen) atoms. The Bertz CT molecular complexity index is 1430. The number of benzene rings is 1. The number of nitrogens with zero attached hydrogens (tertiary/aromatic N) is 6. The molecule has 5 rings (SSSR count).